The van der Waals surface area contributed by atoms with Gasteiger partial charge >= 0.3 is 5.97 Å². The lowest BCUT2D eigenvalue weighted by atomic mass is 10.1. The largest absolute Gasteiger partial charge is 0.476 e. The first-order valence-electron chi connectivity index (χ1n) is 8.00. The van der Waals surface area contributed by atoms with Crippen LogP contribution in [0, 0.1) is 5.82 Å². The summed E-state index contributed by atoms with van der Waals surface area (Å²) in [4.78, 5) is 38.7. The zero-order valence-corrected chi connectivity index (χ0v) is 14.8. The molecular weight excluding hydrogens is 381 g/mol. The monoisotopic (exact) mass is 395 g/mol. The summed E-state index contributed by atoms with van der Waals surface area (Å²) < 4.78 is 14.3. The summed E-state index contributed by atoms with van der Waals surface area (Å²) in [5.41, 5.74) is -0.0314. The van der Waals surface area contributed by atoms with Gasteiger partial charge in [0.15, 0.2) is 5.69 Å². The maximum Gasteiger partial charge on any atom is 0.358 e. The lowest BCUT2D eigenvalue weighted by Crippen LogP contribution is -2.51. The highest BCUT2D eigenvalue weighted by atomic mass is 35.5. The summed E-state index contributed by atoms with van der Waals surface area (Å²) in [6.07, 6.45) is 1.18. The standard InChI is InChI=1S/C16H15ClFN5O4/c17-12-7-10(18)1-2-11(12)15(25)22-5-3-21(4-6-22)14(24)9-23-8-13(16(26)27)19-20-23/h1-2,7-8H,3-6,9H2,(H,26,27). The number of aromatic nitrogens is 3. The number of piperazine rings is 1. The maximum absolute atomic E-state index is 13.1. The van der Waals surface area contributed by atoms with Gasteiger partial charge < -0.3 is 14.9 Å². The summed E-state index contributed by atoms with van der Waals surface area (Å²) >= 11 is 5.93. The zero-order chi connectivity index (χ0) is 19.6. The second kappa shape index (κ2) is 7.70. The van der Waals surface area contributed by atoms with Crippen LogP contribution in [0.1, 0.15) is 20.8 Å². The Morgan fingerprint density at radius 2 is 1.81 bits per heavy atom. The van der Waals surface area contributed by atoms with E-state index < -0.39 is 11.8 Å². The van der Waals surface area contributed by atoms with E-state index in [9.17, 15) is 18.8 Å². The number of rotatable bonds is 4. The topological polar surface area (TPSA) is 109 Å². The Hall–Kier alpha value is -3.01. The number of benzene rings is 1. The lowest BCUT2D eigenvalue weighted by molar-refractivity contribution is -0.133. The highest BCUT2D eigenvalue weighted by Crippen LogP contribution is 2.20. The molecule has 0 unspecified atom stereocenters. The molecule has 142 valence electrons. The van der Waals surface area contributed by atoms with E-state index in [1.54, 1.807) is 9.80 Å². The molecule has 1 aliphatic rings. The molecule has 0 aliphatic carbocycles. The number of carbonyl (C=O) groups is 3. The quantitative estimate of drug-likeness (QED) is 0.818. The number of aromatic carboxylic acids is 1. The number of hydrogen-bond acceptors (Lipinski definition) is 5. The number of carboxylic acid groups (broad SMARTS) is 1. The van der Waals surface area contributed by atoms with Crippen molar-refractivity contribution in [3.05, 3.63) is 46.5 Å². The summed E-state index contributed by atoms with van der Waals surface area (Å²) in [5.74, 6) is -2.33. The molecule has 9 nitrogen and oxygen atoms in total. The van der Waals surface area contributed by atoms with Gasteiger partial charge in [-0.1, -0.05) is 16.8 Å². The van der Waals surface area contributed by atoms with E-state index in [1.165, 1.54) is 18.3 Å². The van der Waals surface area contributed by atoms with Crippen LogP contribution >= 0.6 is 11.6 Å². The zero-order valence-electron chi connectivity index (χ0n) is 14.0. The van der Waals surface area contributed by atoms with Crippen LogP contribution in [0.25, 0.3) is 0 Å². The predicted molar refractivity (Wildman–Crippen MR) is 90.9 cm³/mol. The summed E-state index contributed by atoms with van der Waals surface area (Å²) in [6.45, 7) is 1.08. The Morgan fingerprint density at radius 1 is 1.15 bits per heavy atom. The molecule has 11 heteroatoms. The fourth-order valence-electron chi connectivity index (χ4n) is 2.70. The highest BCUT2D eigenvalue weighted by molar-refractivity contribution is 6.33. The van der Waals surface area contributed by atoms with Crippen LogP contribution in [0.15, 0.2) is 24.4 Å². The van der Waals surface area contributed by atoms with Crippen molar-refractivity contribution in [2.24, 2.45) is 0 Å². The molecule has 3 rings (SSSR count). The van der Waals surface area contributed by atoms with Gasteiger partial charge in [-0.15, -0.1) is 5.10 Å². The molecule has 0 radical (unpaired) electrons. The maximum atomic E-state index is 13.1. The smallest absolute Gasteiger partial charge is 0.358 e. The van der Waals surface area contributed by atoms with Crippen molar-refractivity contribution in [3.63, 3.8) is 0 Å². The number of carboxylic acids is 1. The Bertz CT molecular complexity index is 895. The first-order chi connectivity index (χ1) is 12.8. The van der Waals surface area contributed by atoms with Gasteiger partial charge in [0.25, 0.3) is 5.91 Å². The Labute approximate surface area is 157 Å². The van der Waals surface area contributed by atoms with Gasteiger partial charge in [0.2, 0.25) is 5.91 Å². The van der Waals surface area contributed by atoms with Gasteiger partial charge in [-0.05, 0) is 18.2 Å². The third kappa shape index (κ3) is 4.22. The average Bonchev–Trinajstić information content (AvgIpc) is 3.10. The molecule has 27 heavy (non-hydrogen) atoms. The van der Waals surface area contributed by atoms with Crippen LogP contribution < -0.4 is 0 Å². The van der Waals surface area contributed by atoms with Gasteiger partial charge in [-0.3, -0.25) is 9.59 Å². The number of nitrogens with zero attached hydrogens (tertiary/aromatic N) is 5. The van der Waals surface area contributed by atoms with Crippen LogP contribution in [-0.2, 0) is 11.3 Å². The minimum Gasteiger partial charge on any atom is -0.476 e. The van der Waals surface area contributed by atoms with Crippen molar-refractivity contribution in [1.82, 2.24) is 24.8 Å². The number of hydrogen-bond donors (Lipinski definition) is 1. The Kier molecular flexibility index (Phi) is 5.36. The second-order valence-electron chi connectivity index (χ2n) is 5.90. The second-order valence-corrected chi connectivity index (χ2v) is 6.31. The van der Waals surface area contributed by atoms with Gasteiger partial charge in [0, 0.05) is 26.2 Å². The number of halogens is 2. The molecule has 0 atom stereocenters. The third-order valence-electron chi connectivity index (χ3n) is 4.14. The molecule has 1 saturated heterocycles. The molecule has 0 saturated carbocycles. The predicted octanol–water partition coefficient (Wildman–Crippen LogP) is 0.753. The molecule has 1 aliphatic heterocycles. The van der Waals surface area contributed by atoms with Crippen LogP contribution in [0.4, 0.5) is 4.39 Å². The average molecular weight is 396 g/mol. The van der Waals surface area contributed by atoms with E-state index in [-0.39, 0.29) is 34.6 Å². The lowest BCUT2D eigenvalue weighted by Gasteiger charge is -2.34. The number of carbonyl (C=O) groups excluding carboxylic acids is 2. The van der Waals surface area contributed by atoms with E-state index in [2.05, 4.69) is 10.3 Å². The molecule has 1 N–H and O–H groups in total. The minimum absolute atomic E-state index is 0.0407. The molecule has 1 aromatic heterocycles. The van der Waals surface area contributed by atoms with Crippen molar-refractivity contribution >= 4 is 29.4 Å². The van der Waals surface area contributed by atoms with E-state index >= 15 is 0 Å². The highest BCUT2D eigenvalue weighted by Gasteiger charge is 2.26. The fourth-order valence-corrected chi connectivity index (χ4v) is 2.95. The Balaban J connectivity index is 1.56. The van der Waals surface area contributed by atoms with Crippen LogP contribution in [0.3, 0.4) is 0 Å². The SMILES string of the molecule is O=C(O)c1cn(CC(=O)N2CCN(C(=O)c3ccc(F)cc3Cl)CC2)nn1. The summed E-state index contributed by atoms with van der Waals surface area (Å²) in [6, 6.07) is 3.59. The molecule has 0 spiro atoms. The van der Waals surface area contributed by atoms with Gasteiger partial charge in [0.05, 0.1) is 16.8 Å². The van der Waals surface area contributed by atoms with E-state index in [1.807, 2.05) is 0 Å². The first-order valence-corrected chi connectivity index (χ1v) is 8.38. The third-order valence-corrected chi connectivity index (χ3v) is 4.45. The molecule has 2 aromatic rings. The number of amides is 2. The molecule has 2 amide bonds. The van der Waals surface area contributed by atoms with Crippen molar-refractivity contribution in [1.29, 1.82) is 0 Å². The van der Waals surface area contributed by atoms with E-state index in [0.717, 1.165) is 10.7 Å². The molecular formula is C16H15ClFN5O4. The van der Waals surface area contributed by atoms with E-state index in [4.69, 9.17) is 16.7 Å². The fraction of sp³-hybridized carbons (Fsp3) is 0.312. The first kappa shape index (κ1) is 18.8. The van der Waals surface area contributed by atoms with E-state index in [0.29, 0.717) is 26.2 Å². The van der Waals surface area contributed by atoms with Gasteiger partial charge in [0.1, 0.15) is 12.4 Å². The summed E-state index contributed by atoms with van der Waals surface area (Å²) in [5, 5.41) is 15.9. The molecule has 2 heterocycles. The van der Waals surface area contributed by atoms with Crippen LogP contribution in [-0.4, -0.2) is 73.9 Å². The van der Waals surface area contributed by atoms with Crippen molar-refractivity contribution in [2.75, 3.05) is 26.2 Å². The van der Waals surface area contributed by atoms with Gasteiger partial charge in [-0.2, -0.15) is 0 Å². The normalized spacial score (nSPS) is 14.3. The summed E-state index contributed by atoms with van der Waals surface area (Å²) in [7, 11) is 0. The van der Waals surface area contributed by atoms with Crippen LogP contribution in [0.2, 0.25) is 5.02 Å². The van der Waals surface area contributed by atoms with Crippen LogP contribution in [0.5, 0.6) is 0 Å². The van der Waals surface area contributed by atoms with Gasteiger partial charge in [-0.25, -0.2) is 13.9 Å². The molecule has 0 bridgehead atoms. The van der Waals surface area contributed by atoms with Crippen molar-refractivity contribution in [3.8, 4) is 0 Å². The van der Waals surface area contributed by atoms with Crippen molar-refractivity contribution in [2.45, 2.75) is 6.54 Å². The molecule has 1 fully saturated rings. The molecule has 1 aromatic carbocycles. The minimum atomic E-state index is -1.22. The Morgan fingerprint density at radius 3 is 2.41 bits per heavy atom. The van der Waals surface area contributed by atoms with Crippen molar-refractivity contribution < 1.29 is 23.9 Å².